The van der Waals surface area contributed by atoms with E-state index in [0.717, 1.165) is 8.19 Å². The number of hydrogen-bond acceptors (Lipinski definition) is 0. The van der Waals surface area contributed by atoms with E-state index in [1.807, 2.05) is 0 Å². The first kappa shape index (κ1) is 6.66. The van der Waals surface area contributed by atoms with Gasteiger partial charge in [0.15, 0.2) is 0 Å². The molecule has 0 aromatic carbocycles. The molecule has 1 aromatic heterocycles. The van der Waals surface area contributed by atoms with Crippen LogP contribution in [-0.2, 0) is 26.2 Å². The minimum Gasteiger partial charge on any atom is -0.140 e. The Labute approximate surface area is 58.2 Å². The number of rotatable bonds is 0. The van der Waals surface area contributed by atoms with Crippen LogP contribution in [0.1, 0.15) is 0 Å². The zero-order valence-electron chi connectivity index (χ0n) is 3.31. The van der Waals surface area contributed by atoms with Crippen LogP contribution >= 0.6 is 8.19 Å². The molecule has 0 aliphatic heterocycles. The summed E-state index contributed by atoms with van der Waals surface area (Å²) in [5.41, 5.74) is 0. The van der Waals surface area contributed by atoms with E-state index in [-0.39, 0.29) is 26.2 Å². The Morgan fingerprint density at radius 1 is 1.00 bits per heavy atom. The molecule has 1 heterocycles. The van der Waals surface area contributed by atoms with Gasteiger partial charge >= 0.3 is 0 Å². The molecule has 0 amide bonds. The second-order valence-corrected chi connectivity index (χ2v) is 1.88. The van der Waals surface area contributed by atoms with Crippen LogP contribution in [0.25, 0.3) is 0 Å². The molecule has 0 atom stereocenters. The van der Waals surface area contributed by atoms with Crippen molar-refractivity contribution in [3.63, 3.8) is 0 Å². The third-order valence-corrected chi connectivity index (χ3v) is 1.27. The fraction of sp³-hybridized carbons (Fsp3) is 0. The van der Waals surface area contributed by atoms with Crippen molar-refractivity contribution in [2.45, 2.75) is 0 Å². The van der Waals surface area contributed by atoms with Crippen LogP contribution in [0.3, 0.4) is 0 Å². The molecule has 0 fully saturated rings. The van der Waals surface area contributed by atoms with Crippen LogP contribution in [0.15, 0.2) is 23.7 Å². The molecule has 30 valence electrons. The molecule has 0 radical (unpaired) electrons. The summed E-state index contributed by atoms with van der Waals surface area (Å²) in [6.07, 6.45) is 0. The van der Waals surface area contributed by atoms with E-state index in [2.05, 4.69) is 23.7 Å². The van der Waals surface area contributed by atoms with E-state index in [1.54, 1.807) is 0 Å². The maximum absolute atomic E-state index is 2.15. The predicted octanol–water partition coefficient (Wildman–Crippen LogP) is 1.72. The molecule has 6 heavy (non-hydrogen) atoms. The monoisotopic (exact) mass is 174 g/mol. The van der Waals surface area contributed by atoms with Crippen LogP contribution in [0.5, 0.6) is 0 Å². The Morgan fingerprint density at radius 3 is 1.67 bits per heavy atom. The molecule has 0 aliphatic carbocycles. The molecule has 0 unspecified atom stereocenters. The third-order valence-electron chi connectivity index (χ3n) is 0.496. The smallest absolute Gasteiger partial charge is 0 e. The summed E-state index contributed by atoms with van der Waals surface area (Å²) in [7, 11) is 0.948. The van der Waals surface area contributed by atoms with Crippen LogP contribution < -0.4 is 0 Å². The second-order valence-electron chi connectivity index (χ2n) is 0.885. The van der Waals surface area contributed by atoms with Crippen molar-refractivity contribution in [2.24, 2.45) is 0 Å². The summed E-state index contributed by atoms with van der Waals surface area (Å²) < 4.78 is 0. The molecule has 0 N–H and O–H groups in total. The first-order valence-electron chi connectivity index (χ1n) is 1.58. The molecule has 1 aromatic rings. The molecular weight excluding hydrogens is 170 g/mol. The fourth-order valence-electron chi connectivity index (χ4n) is 0.278. The molecule has 0 nitrogen and oxygen atoms in total. The first-order chi connectivity index (χ1) is 2.50. The average Bonchev–Trinajstić information content (AvgIpc) is 1.76. The van der Waals surface area contributed by atoms with Gasteiger partial charge in [-0.15, -0.1) is 8.19 Å². The standard InChI is InChI=1S/C4H5P.Zr/c1-2-4-5-3-1;/h1-5H;. The first-order valence-corrected chi connectivity index (χ1v) is 2.73. The summed E-state index contributed by atoms with van der Waals surface area (Å²) >= 11 is 0. The van der Waals surface area contributed by atoms with Crippen molar-refractivity contribution in [3.05, 3.63) is 23.7 Å². The van der Waals surface area contributed by atoms with Crippen molar-refractivity contribution in [2.75, 3.05) is 0 Å². The van der Waals surface area contributed by atoms with Crippen LogP contribution in [-0.4, -0.2) is 0 Å². The van der Waals surface area contributed by atoms with Gasteiger partial charge in [-0.1, -0.05) is 12.1 Å². The normalized spacial score (nSPS) is 6.67. The van der Waals surface area contributed by atoms with Crippen LogP contribution in [0.4, 0.5) is 0 Å². The molecule has 2 heteroatoms. The zero-order chi connectivity index (χ0) is 3.54. The van der Waals surface area contributed by atoms with Gasteiger partial charge in [0.1, 0.15) is 0 Å². The van der Waals surface area contributed by atoms with Crippen molar-refractivity contribution in [1.82, 2.24) is 0 Å². The number of hydrogen-bond donors (Lipinski definition) is 0. The fourth-order valence-corrected chi connectivity index (χ4v) is 0.833. The molecule has 0 saturated heterocycles. The largest absolute Gasteiger partial charge is 0.140 e. The Hall–Kier alpha value is 0.663. The average molecular weight is 175 g/mol. The SMILES string of the molecule is [Zr].c1cc[pH]c1. The van der Waals surface area contributed by atoms with E-state index < -0.39 is 0 Å². The Bertz CT molecular complexity index is 64.0. The van der Waals surface area contributed by atoms with Crippen molar-refractivity contribution in [3.8, 4) is 0 Å². The van der Waals surface area contributed by atoms with Gasteiger partial charge in [0.2, 0.25) is 0 Å². The summed E-state index contributed by atoms with van der Waals surface area (Å²) in [4.78, 5) is 0. The Morgan fingerprint density at radius 2 is 1.50 bits per heavy atom. The van der Waals surface area contributed by atoms with Crippen molar-refractivity contribution in [1.29, 1.82) is 0 Å². The molecule has 0 bridgehead atoms. The topological polar surface area (TPSA) is 0 Å². The Kier molecular flexibility index (Phi) is 4.26. The summed E-state index contributed by atoms with van der Waals surface area (Å²) in [6.45, 7) is 0. The van der Waals surface area contributed by atoms with Crippen LogP contribution in [0.2, 0.25) is 0 Å². The molecule has 0 aliphatic rings. The summed E-state index contributed by atoms with van der Waals surface area (Å²) in [6, 6.07) is 4.14. The maximum Gasteiger partial charge on any atom is 0 e. The van der Waals surface area contributed by atoms with E-state index in [0.29, 0.717) is 0 Å². The van der Waals surface area contributed by atoms with Crippen molar-refractivity contribution >= 4 is 8.19 Å². The predicted molar refractivity (Wildman–Crippen MR) is 25.9 cm³/mol. The van der Waals surface area contributed by atoms with Gasteiger partial charge in [-0.25, -0.2) is 0 Å². The van der Waals surface area contributed by atoms with E-state index in [4.69, 9.17) is 0 Å². The van der Waals surface area contributed by atoms with Gasteiger partial charge in [-0.2, -0.15) is 0 Å². The van der Waals surface area contributed by atoms with Gasteiger partial charge in [0.25, 0.3) is 0 Å². The van der Waals surface area contributed by atoms with E-state index in [1.165, 1.54) is 0 Å². The molecule has 1 rings (SSSR count). The molecule has 0 spiro atoms. The van der Waals surface area contributed by atoms with Crippen LogP contribution in [0, 0.1) is 0 Å². The van der Waals surface area contributed by atoms with Gasteiger partial charge in [-0.3, -0.25) is 0 Å². The zero-order valence-corrected chi connectivity index (χ0v) is 6.77. The van der Waals surface area contributed by atoms with Gasteiger partial charge < -0.3 is 0 Å². The van der Waals surface area contributed by atoms with E-state index in [9.17, 15) is 0 Å². The summed E-state index contributed by atoms with van der Waals surface area (Å²) in [5, 5.41) is 0. The molecular formula is C4H5PZr. The van der Waals surface area contributed by atoms with E-state index >= 15 is 0 Å². The second kappa shape index (κ2) is 3.84. The minimum absolute atomic E-state index is 0. The Balaban J connectivity index is 0.000000250. The van der Waals surface area contributed by atoms with Crippen molar-refractivity contribution < 1.29 is 26.2 Å². The van der Waals surface area contributed by atoms with Gasteiger partial charge in [0, 0.05) is 26.2 Å². The molecule has 0 saturated carbocycles. The third kappa shape index (κ3) is 1.95. The summed E-state index contributed by atoms with van der Waals surface area (Å²) in [5.74, 6) is 4.31. The maximum atomic E-state index is 2.15. The minimum atomic E-state index is 0. The quantitative estimate of drug-likeness (QED) is 0.563. The van der Waals surface area contributed by atoms with Gasteiger partial charge in [0.05, 0.1) is 0 Å². The van der Waals surface area contributed by atoms with Gasteiger partial charge in [-0.05, 0) is 11.6 Å².